The molecule has 4 rings (SSSR count). The van der Waals surface area contributed by atoms with Crippen molar-refractivity contribution in [3.05, 3.63) is 90.3 Å². The lowest BCUT2D eigenvalue weighted by atomic mass is 10.2. The van der Waals surface area contributed by atoms with Crippen LogP contribution in [0.15, 0.2) is 98.7 Å². The maximum absolute atomic E-state index is 12.3. The molecule has 0 aliphatic heterocycles. The van der Waals surface area contributed by atoms with E-state index in [0.717, 1.165) is 29.6 Å². The normalized spacial score (nSPS) is 11.0. The Hall–Kier alpha value is -3.98. The van der Waals surface area contributed by atoms with Crippen LogP contribution in [-0.4, -0.2) is 21.9 Å². The minimum atomic E-state index is -0.185. The summed E-state index contributed by atoms with van der Waals surface area (Å²) >= 11 is 1.16. The lowest BCUT2D eigenvalue weighted by molar-refractivity contribution is -0.113. The molecule has 1 amide bonds. The molecule has 1 N–H and O–H groups in total. The molecule has 34 heavy (non-hydrogen) atoms. The van der Waals surface area contributed by atoms with Gasteiger partial charge in [-0.2, -0.15) is 10.2 Å². The van der Waals surface area contributed by atoms with Crippen molar-refractivity contribution in [3.8, 4) is 5.75 Å². The fraction of sp³-hybridized carbons (Fsp3) is 0.160. The van der Waals surface area contributed by atoms with E-state index in [2.05, 4.69) is 32.7 Å². The summed E-state index contributed by atoms with van der Waals surface area (Å²) in [5.74, 6) is 1.03. The molecule has 4 aromatic rings. The van der Waals surface area contributed by atoms with Gasteiger partial charge in [0.25, 0.3) is 11.1 Å². The number of benzene rings is 3. The van der Waals surface area contributed by atoms with Crippen molar-refractivity contribution in [2.45, 2.75) is 25.2 Å². The Morgan fingerprint density at radius 1 is 0.941 bits per heavy atom. The predicted octanol–water partition coefficient (Wildman–Crippen LogP) is 6.36. The zero-order valence-electron chi connectivity index (χ0n) is 18.5. The van der Waals surface area contributed by atoms with E-state index in [0.29, 0.717) is 22.5 Å². The maximum atomic E-state index is 12.3. The van der Waals surface area contributed by atoms with Crippen molar-refractivity contribution < 1.29 is 13.9 Å². The molecule has 0 aliphatic carbocycles. The Balaban J connectivity index is 1.21. The van der Waals surface area contributed by atoms with E-state index >= 15 is 0 Å². The number of amides is 1. The summed E-state index contributed by atoms with van der Waals surface area (Å²) in [5, 5.41) is 19.4. The van der Waals surface area contributed by atoms with E-state index in [1.807, 2.05) is 54.6 Å². The summed E-state index contributed by atoms with van der Waals surface area (Å²) in [6.07, 6.45) is 0.976. The Labute approximate surface area is 201 Å². The quantitative estimate of drug-likeness (QED) is 0.212. The molecule has 0 saturated carbocycles. The first-order valence-corrected chi connectivity index (χ1v) is 11.7. The lowest BCUT2D eigenvalue weighted by Gasteiger charge is -2.04. The van der Waals surface area contributed by atoms with Gasteiger partial charge in [-0.25, -0.2) is 0 Å². The van der Waals surface area contributed by atoms with Crippen molar-refractivity contribution >= 4 is 34.7 Å². The van der Waals surface area contributed by atoms with Crippen molar-refractivity contribution in [3.63, 3.8) is 0 Å². The number of nitrogens with zero attached hydrogens (tertiary/aromatic N) is 4. The molecule has 8 nitrogen and oxygen atoms in total. The van der Waals surface area contributed by atoms with E-state index in [1.54, 1.807) is 24.3 Å². The molecule has 3 aromatic carbocycles. The fourth-order valence-corrected chi connectivity index (χ4v) is 3.45. The summed E-state index contributed by atoms with van der Waals surface area (Å²) in [5.41, 5.74) is 3.38. The molecule has 0 radical (unpaired) electrons. The van der Waals surface area contributed by atoms with Gasteiger partial charge in [-0.05, 0) is 60.5 Å². The Kier molecular flexibility index (Phi) is 8.02. The number of carbonyl (C=O) groups excluding carboxylic acids is 1. The number of aromatic nitrogens is 2. The van der Waals surface area contributed by atoms with E-state index < -0.39 is 0 Å². The molecule has 0 atom stereocenters. The van der Waals surface area contributed by atoms with Gasteiger partial charge in [0.2, 0.25) is 5.91 Å². The van der Waals surface area contributed by atoms with E-state index in [1.165, 1.54) is 5.56 Å². The van der Waals surface area contributed by atoms with Crippen molar-refractivity contribution in [2.75, 3.05) is 11.1 Å². The zero-order chi connectivity index (χ0) is 23.6. The highest BCUT2D eigenvalue weighted by molar-refractivity contribution is 7.99. The molecular weight excluding hydrogens is 450 g/mol. The molecular formula is C25H23N5O3S. The largest absolute Gasteiger partial charge is 0.484 e. The van der Waals surface area contributed by atoms with Gasteiger partial charge in [-0.3, -0.25) is 4.79 Å². The monoisotopic (exact) mass is 473 g/mol. The molecule has 1 heterocycles. The average Bonchev–Trinajstić information content (AvgIpc) is 3.35. The SMILES string of the molecule is CCc1ccc(OCc2nnc(SCC(=O)Nc3ccc(N=Nc4ccccc4)cc3)o2)cc1. The van der Waals surface area contributed by atoms with Gasteiger partial charge in [0.15, 0.2) is 6.61 Å². The second-order valence-corrected chi connectivity index (χ2v) is 8.09. The number of aryl methyl sites for hydroxylation is 1. The van der Waals surface area contributed by atoms with Crippen molar-refractivity contribution in [2.24, 2.45) is 10.2 Å². The minimum Gasteiger partial charge on any atom is -0.484 e. The average molecular weight is 474 g/mol. The highest BCUT2D eigenvalue weighted by atomic mass is 32.2. The first-order chi connectivity index (χ1) is 16.7. The van der Waals surface area contributed by atoms with E-state index in [-0.39, 0.29) is 18.3 Å². The van der Waals surface area contributed by atoms with Crippen LogP contribution in [0.25, 0.3) is 0 Å². The Morgan fingerprint density at radius 2 is 1.65 bits per heavy atom. The fourth-order valence-electron chi connectivity index (χ4n) is 2.87. The molecule has 0 unspecified atom stereocenters. The third-order valence-electron chi connectivity index (χ3n) is 4.66. The van der Waals surface area contributed by atoms with Crippen LogP contribution in [0.1, 0.15) is 18.4 Å². The molecule has 0 bridgehead atoms. The van der Waals surface area contributed by atoms with Gasteiger partial charge in [0, 0.05) is 5.69 Å². The second kappa shape index (κ2) is 11.8. The lowest BCUT2D eigenvalue weighted by Crippen LogP contribution is -2.13. The van der Waals surface area contributed by atoms with Gasteiger partial charge in [-0.1, -0.05) is 49.0 Å². The van der Waals surface area contributed by atoms with Gasteiger partial charge >= 0.3 is 0 Å². The number of ether oxygens (including phenoxy) is 1. The molecule has 0 aliphatic rings. The standard InChI is InChI=1S/C25H23N5O3S/c1-2-18-8-14-22(15-9-18)32-16-24-29-30-25(33-24)34-17-23(31)26-19-10-12-21(13-11-19)28-27-20-6-4-3-5-7-20/h3-15H,2,16-17H2,1H3,(H,26,31). The summed E-state index contributed by atoms with van der Waals surface area (Å²) in [6, 6.07) is 24.5. The summed E-state index contributed by atoms with van der Waals surface area (Å²) in [6.45, 7) is 2.27. The molecule has 9 heteroatoms. The highest BCUT2D eigenvalue weighted by Gasteiger charge is 2.11. The summed E-state index contributed by atoms with van der Waals surface area (Å²) in [4.78, 5) is 12.3. The molecule has 1 aromatic heterocycles. The molecule has 0 spiro atoms. The van der Waals surface area contributed by atoms with Crippen LogP contribution in [0.3, 0.4) is 0 Å². The van der Waals surface area contributed by atoms with E-state index in [4.69, 9.17) is 9.15 Å². The number of hydrogen-bond donors (Lipinski definition) is 1. The van der Waals surface area contributed by atoms with Gasteiger partial charge in [0.05, 0.1) is 17.1 Å². The number of thioether (sulfide) groups is 1. The minimum absolute atomic E-state index is 0.135. The first kappa shape index (κ1) is 23.2. The number of nitrogens with one attached hydrogen (secondary N) is 1. The number of azo groups is 1. The Bertz CT molecular complexity index is 1230. The number of anilines is 1. The zero-order valence-corrected chi connectivity index (χ0v) is 19.4. The molecule has 0 saturated heterocycles. The van der Waals surface area contributed by atoms with Crippen molar-refractivity contribution in [1.29, 1.82) is 0 Å². The van der Waals surface area contributed by atoms with Crippen LogP contribution in [0.4, 0.5) is 17.1 Å². The summed E-state index contributed by atoms with van der Waals surface area (Å²) < 4.78 is 11.2. The maximum Gasteiger partial charge on any atom is 0.277 e. The third kappa shape index (κ3) is 7.01. The number of carbonyl (C=O) groups is 1. The highest BCUT2D eigenvalue weighted by Crippen LogP contribution is 2.21. The Morgan fingerprint density at radius 3 is 2.35 bits per heavy atom. The van der Waals surface area contributed by atoms with Crippen LogP contribution in [0.2, 0.25) is 0 Å². The van der Waals surface area contributed by atoms with Crippen LogP contribution < -0.4 is 10.1 Å². The van der Waals surface area contributed by atoms with Crippen molar-refractivity contribution in [1.82, 2.24) is 10.2 Å². The number of hydrogen-bond acceptors (Lipinski definition) is 8. The van der Waals surface area contributed by atoms with Crippen LogP contribution >= 0.6 is 11.8 Å². The topological polar surface area (TPSA) is 102 Å². The smallest absolute Gasteiger partial charge is 0.277 e. The van der Waals surface area contributed by atoms with Crippen LogP contribution in [-0.2, 0) is 17.8 Å². The second-order valence-electron chi connectivity index (χ2n) is 7.17. The van der Waals surface area contributed by atoms with Gasteiger partial charge in [0.1, 0.15) is 5.75 Å². The number of rotatable bonds is 10. The van der Waals surface area contributed by atoms with Crippen LogP contribution in [0.5, 0.6) is 5.75 Å². The van der Waals surface area contributed by atoms with Gasteiger partial charge in [-0.15, -0.1) is 10.2 Å². The predicted molar refractivity (Wildman–Crippen MR) is 131 cm³/mol. The van der Waals surface area contributed by atoms with E-state index in [9.17, 15) is 4.79 Å². The first-order valence-electron chi connectivity index (χ1n) is 10.7. The molecule has 172 valence electrons. The molecule has 0 fully saturated rings. The summed E-state index contributed by atoms with van der Waals surface area (Å²) in [7, 11) is 0. The third-order valence-corrected chi connectivity index (χ3v) is 5.48. The van der Waals surface area contributed by atoms with Crippen LogP contribution in [0, 0.1) is 0 Å². The van der Waals surface area contributed by atoms with Gasteiger partial charge < -0.3 is 14.5 Å².